The van der Waals surface area contributed by atoms with Crippen LogP contribution >= 0.6 is 11.3 Å². The maximum Gasteiger partial charge on any atom is 0.390 e. The minimum atomic E-state index is -4.11. The highest BCUT2D eigenvalue weighted by Crippen LogP contribution is 2.21. The average molecular weight is 238 g/mol. The fourth-order valence-electron chi connectivity index (χ4n) is 1.16. The molecule has 1 atom stereocenters. The van der Waals surface area contributed by atoms with E-state index in [1.165, 1.54) is 18.3 Å². The third-order valence-corrected chi connectivity index (χ3v) is 2.72. The summed E-state index contributed by atoms with van der Waals surface area (Å²) in [6.45, 7) is 3.84. The van der Waals surface area contributed by atoms with E-state index in [2.05, 4.69) is 10.3 Å². The van der Waals surface area contributed by atoms with Crippen LogP contribution in [0.15, 0.2) is 6.20 Å². The largest absolute Gasteiger partial charge is 0.390 e. The van der Waals surface area contributed by atoms with E-state index in [4.69, 9.17) is 0 Å². The van der Waals surface area contributed by atoms with Crippen molar-refractivity contribution in [2.45, 2.75) is 39.0 Å². The Kier molecular flexibility index (Phi) is 4.10. The van der Waals surface area contributed by atoms with Gasteiger partial charge in [-0.15, -0.1) is 11.3 Å². The highest BCUT2D eigenvalue weighted by molar-refractivity contribution is 7.11. The Morgan fingerprint density at radius 1 is 1.53 bits per heavy atom. The predicted octanol–water partition coefficient (Wildman–Crippen LogP) is 2.88. The third kappa shape index (κ3) is 5.13. The van der Waals surface area contributed by atoms with Gasteiger partial charge >= 0.3 is 6.18 Å². The quantitative estimate of drug-likeness (QED) is 0.872. The summed E-state index contributed by atoms with van der Waals surface area (Å²) in [6, 6.07) is -0.575. The topological polar surface area (TPSA) is 24.9 Å². The lowest BCUT2D eigenvalue weighted by atomic mass is 10.2. The molecule has 0 saturated carbocycles. The summed E-state index contributed by atoms with van der Waals surface area (Å²) in [7, 11) is 0. The number of alkyl halides is 3. The molecule has 1 aromatic rings. The lowest BCUT2D eigenvalue weighted by molar-refractivity contribution is -0.139. The molecule has 0 amide bonds. The number of aromatic nitrogens is 1. The van der Waals surface area contributed by atoms with Crippen LogP contribution in [0.4, 0.5) is 13.2 Å². The van der Waals surface area contributed by atoms with E-state index < -0.39 is 18.6 Å². The number of thiazole rings is 1. The standard InChI is InChI=1S/C9H13F3N2S/c1-6(3-9(10,11)12)13-5-8-14-4-7(2)15-8/h4,6,13H,3,5H2,1-2H3. The van der Waals surface area contributed by atoms with Gasteiger partial charge in [-0.05, 0) is 13.8 Å². The minimum Gasteiger partial charge on any atom is -0.308 e. The van der Waals surface area contributed by atoms with Crippen molar-refractivity contribution in [1.82, 2.24) is 10.3 Å². The molecule has 1 rings (SSSR count). The van der Waals surface area contributed by atoms with Crippen molar-refractivity contribution in [2.75, 3.05) is 0 Å². The molecule has 2 nitrogen and oxygen atoms in total. The molecule has 1 heterocycles. The van der Waals surface area contributed by atoms with Gasteiger partial charge in [0.15, 0.2) is 0 Å². The molecular formula is C9H13F3N2S. The Bertz CT molecular complexity index is 309. The molecule has 15 heavy (non-hydrogen) atoms. The Morgan fingerprint density at radius 2 is 2.20 bits per heavy atom. The summed E-state index contributed by atoms with van der Waals surface area (Å²) in [5.74, 6) is 0. The summed E-state index contributed by atoms with van der Waals surface area (Å²) in [6.07, 6.45) is -3.20. The molecule has 86 valence electrons. The van der Waals surface area contributed by atoms with Crippen molar-refractivity contribution in [3.05, 3.63) is 16.1 Å². The second kappa shape index (κ2) is 4.94. The van der Waals surface area contributed by atoms with Gasteiger partial charge < -0.3 is 5.32 Å². The van der Waals surface area contributed by atoms with Gasteiger partial charge in [-0.2, -0.15) is 13.2 Å². The first-order valence-corrected chi connectivity index (χ1v) is 5.40. The lowest BCUT2D eigenvalue weighted by Gasteiger charge is -2.14. The second-order valence-corrected chi connectivity index (χ2v) is 4.79. The van der Waals surface area contributed by atoms with E-state index in [1.807, 2.05) is 6.92 Å². The second-order valence-electron chi connectivity index (χ2n) is 3.47. The molecule has 0 saturated heterocycles. The summed E-state index contributed by atoms with van der Waals surface area (Å²) >= 11 is 1.49. The molecule has 1 unspecified atom stereocenters. The Hall–Kier alpha value is -0.620. The monoisotopic (exact) mass is 238 g/mol. The maximum absolute atomic E-state index is 12.0. The van der Waals surface area contributed by atoms with Crippen molar-refractivity contribution in [3.8, 4) is 0 Å². The first-order chi connectivity index (χ1) is 6.87. The Labute approximate surface area is 90.5 Å². The molecule has 0 fully saturated rings. The zero-order chi connectivity index (χ0) is 11.5. The van der Waals surface area contributed by atoms with Gasteiger partial charge in [0.05, 0.1) is 6.42 Å². The van der Waals surface area contributed by atoms with Crippen LogP contribution in [-0.4, -0.2) is 17.2 Å². The van der Waals surface area contributed by atoms with E-state index in [0.29, 0.717) is 6.54 Å². The van der Waals surface area contributed by atoms with Gasteiger partial charge in [0, 0.05) is 23.7 Å². The fourth-order valence-corrected chi connectivity index (χ4v) is 1.90. The summed E-state index contributed by atoms with van der Waals surface area (Å²) < 4.78 is 35.9. The third-order valence-electron chi connectivity index (χ3n) is 1.81. The van der Waals surface area contributed by atoms with Gasteiger partial charge in [0.1, 0.15) is 5.01 Å². The molecule has 0 radical (unpaired) electrons. The molecule has 0 bridgehead atoms. The van der Waals surface area contributed by atoms with Crippen LogP contribution in [0.1, 0.15) is 23.2 Å². The number of hydrogen-bond acceptors (Lipinski definition) is 3. The normalized spacial score (nSPS) is 14.2. The van der Waals surface area contributed by atoms with Crippen molar-refractivity contribution in [3.63, 3.8) is 0 Å². The SMILES string of the molecule is Cc1cnc(CNC(C)CC(F)(F)F)s1. The smallest absolute Gasteiger partial charge is 0.308 e. The number of hydrogen-bond donors (Lipinski definition) is 1. The van der Waals surface area contributed by atoms with Crippen LogP contribution in [0.2, 0.25) is 0 Å². The first-order valence-electron chi connectivity index (χ1n) is 4.58. The van der Waals surface area contributed by atoms with Crippen molar-refractivity contribution < 1.29 is 13.2 Å². The van der Waals surface area contributed by atoms with Crippen LogP contribution < -0.4 is 5.32 Å². The maximum atomic E-state index is 12.0. The Balaban J connectivity index is 2.31. The lowest BCUT2D eigenvalue weighted by Crippen LogP contribution is -2.30. The number of aryl methyl sites for hydroxylation is 1. The molecular weight excluding hydrogens is 225 g/mol. The molecule has 1 N–H and O–H groups in total. The van der Waals surface area contributed by atoms with E-state index in [9.17, 15) is 13.2 Å². The summed E-state index contributed by atoms with van der Waals surface area (Å²) in [5, 5.41) is 3.62. The molecule has 0 spiro atoms. The molecule has 1 aromatic heterocycles. The van der Waals surface area contributed by atoms with E-state index >= 15 is 0 Å². The predicted molar refractivity (Wildman–Crippen MR) is 53.8 cm³/mol. The molecule has 0 aliphatic heterocycles. The van der Waals surface area contributed by atoms with E-state index in [0.717, 1.165) is 9.88 Å². The number of halogens is 3. The Morgan fingerprint density at radius 3 is 2.67 bits per heavy atom. The summed E-state index contributed by atoms with van der Waals surface area (Å²) in [5.41, 5.74) is 0. The van der Waals surface area contributed by atoms with Gasteiger partial charge in [0.2, 0.25) is 0 Å². The van der Waals surface area contributed by atoms with E-state index in [-0.39, 0.29) is 0 Å². The van der Waals surface area contributed by atoms with E-state index in [1.54, 1.807) is 6.20 Å². The summed E-state index contributed by atoms with van der Waals surface area (Å²) in [4.78, 5) is 5.12. The van der Waals surface area contributed by atoms with Crippen molar-refractivity contribution in [1.29, 1.82) is 0 Å². The van der Waals surface area contributed by atoms with Gasteiger partial charge in [0.25, 0.3) is 0 Å². The van der Waals surface area contributed by atoms with Crippen LogP contribution in [0.25, 0.3) is 0 Å². The van der Waals surface area contributed by atoms with Gasteiger partial charge in [-0.3, -0.25) is 0 Å². The van der Waals surface area contributed by atoms with Gasteiger partial charge in [-0.1, -0.05) is 0 Å². The minimum absolute atomic E-state index is 0.399. The zero-order valence-electron chi connectivity index (χ0n) is 8.56. The van der Waals surface area contributed by atoms with Crippen molar-refractivity contribution in [2.24, 2.45) is 0 Å². The number of nitrogens with one attached hydrogen (secondary N) is 1. The van der Waals surface area contributed by atoms with Crippen molar-refractivity contribution >= 4 is 11.3 Å². The van der Waals surface area contributed by atoms with Gasteiger partial charge in [-0.25, -0.2) is 4.98 Å². The molecule has 0 aromatic carbocycles. The number of nitrogens with zero attached hydrogens (tertiary/aromatic N) is 1. The highest BCUT2D eigenvalue weighted by atomic mass is 32.1. The number of rotatable bonds is 4. The average Bonchev–Trinajstić information content (AvgIpc) is 2.45. The van der Waals surface area contributed by atoms with Crippen LogP contribution in [0, 0.1) is 6.92 Å². The zero-order valence-corrected chi connectivity index (χ0v) is 9.37. The van der Waals surface area contributed by atoms with Crippen LogP contribution in [0.5, 0.6) is 0 Å². The molecule has 0 aliphatic carbocycles. The van der Waals surface area contributed by atoms with Crippen LogP contribution in [-0.2, 0) is 6.54 Å². The fraction of sp³-hybridized carbons (Fsp3) is 0.667. The van der Waals surface area contributed by atoms with Crippen LogP contribution in [0.3, 0.4) is 0 Å². The first kappa shape index (κ1) is 12.4. The molecule has 6 heteroatoms. The highest BCUT2D eigenvalue weighted by Gasteiger charge is 2.29. The molecule has 0 aliphatic rings.